The molecule has 78 valence electrons. The average molecular weight is 222 g/mol. The van der Waals surface area contributed by atoms with Gasteiger partial charge in [-0.25, -0.2) is 4.21 Å². The molecule has 0 saturated carbocycles. The minimum absolute atomic E-state index is 0.127. The van der Waals surface area contributed by atoms with E-state index in [1.807, 2.05) is 12.1 Å². The summed E-state index contributed by atoms with van der Waals surface area (Å²) in [5, 5.41) is 0.933. The first kappa shape index (κ1) is 10.1. The van der Waals surface area contributed by atoms with Crippen molar-refractivity contribution in [3.8, 4) is 0 Å². The molecule has 0 saturated heterocycles. The van der Waals surface area contributed by atoms with Gasteiger partial charge in [0.05, 0.1) is 23.2 Å². The predicted octanol–water partition coefficient (Wildman–Crippen LogP) is 1.54. The van der Waals surface area contributed by atoms with Crippen LogP contribution in [0, 0.1) is 0 Å². The van der Waals surface area contributed by atoms with Crippen LogP contribution < -0.4 is 5.73 Å². The van der Waals surface area contributed by atoms with Crippen molar-refractivity contribution in [3.63, 3.8) is 0 Å². The maximum Gasteiger partial charge on any atom is 0.157 e. The van der Waals surface area contributed by atoms with Gasteiger partial charge in [-0.3, -0.25) is 4.98 Å². The molecular formula is C10H10N2O2S. The molecule has 2 aromatic rings. The predicted molar refractivity (Wildman–Crippen MR) is 60.6 cm³/mol. The zero-order chi connectivity index (χ0) is 10.8. The molecule has 0 aliphatic rings. The summed E-state index contributed by atoms with van der Waals surface area (Å²) >= 11 is -1.82. The van der Waals surface area contributed by atoms with Crippen LogP contribution in [0.1, 0.15) is 5.56 Å². The largest absolute Gasteiger partial charge is 0.397 e. The number of nitrogen functional groups attached to an aromatic ring is 1. The number of pyridine rings is 1. The van der Waals surface area contributed by atoms with Crippen LogP contribution in [0.25, 0.3) is 10.9 Å². The molecule has 1 aromatic heterocycles. The number of rotatable bonds is 2. The molecule has 1 aromatic carbocycles. The maximum atomic E-state index is 10.6. The van der Waals surface area contributed by atoms with Crippen molar-refractivity contribution < 1.29 is 8.76 Å². The van der Waals surface area contributed by atoms with Gasteiger partial charge in [0.1, 0.15) is 0 Å². The first-order chi connectivity index (χ1) is 7.15. The lowest BCUT2D eigenvalue weighted by Crippen LogP contribution is -1.93. The number of hydrogen-bond donors (Lipinski definition) is 2. The smallest absolute Gasteiger partial charge is 0.157 e. The van der Waals surface area contributed by atoms with Crippen molar-refractivity contribution in [1.29, 1.82) is 0 Å². The van der Waals surface area contributed by atoms with E-state index in [1.165, 1.54) is 0 Å². The van der Waals surface area contributed by atoms with Crippen LogP contribution in [0.2, 0.25) is 0 Å². The molecule has 15 heavy (non-hydrogen) atoms. The van der Waals surface area contributed by atoms with Crippen molar-refractivity contribution in [2.24, 2.45) is 0 Å². The zero-order valence-electron chi connectivity index (χ0n) is 7.88. The highest BCUT2D eigenvalue weighted by atomic mass is 32.2. The van der Waals surface area contributed by atoms with Crippen LogP contribution in [-0.4, -0.2) is 13.7 Å². The van der Waals surface area contributed by atoms with Gasteiger partial charge < -0.3 is 10.3 Å². The number of nitrogens with zero attached hydrogens (tertiary/aromatic N) is 1. The fraction of sp³-hybridized carbons (Fsp3) is 0.100. The molecule has 0 aliphatic carbocycles. The monoisotopic (exact) mass is 222 g/mol. The van der Waals surface area contributed by atoms with Crippen molar-refractivity contribution in [1.82, 2.24) is 4.98 Å². The van der Waals surface area contributed by atoms with Gasteiger partial charge in [0.25, 0.3) is 0 Å². The van der Waals surface area contributed by atoms with Crippen molar-refractivity contribution in [3.05, 3.63) is 36.0 Å². The summed E-state index contributed by atoms with van der Waals surface area (Å²) in [6.07, 6.45) is 1.57. The third-order valence-electron chi connectivity index (χ3n) is 2.06. The van der Waals surface area contributed by atoms with Gasteiger partial charge in [-0.15, -0.1) is 0 Å². The Morgan fingerprint density at radius 1 is 1.40 bits per heavy atom. The molecule has 0 bridgehead atoms. The Morgan fingerprint density at radius 2 is 2.20 bits per heavy atom. The van der Waals surface area contributed by atoms with E-state index in [0.29, 0.717) is 5.69 Å². The molecule has 0 spiro atoms. The number of anilines is 1. The highest BCUT2D eigenvalue weighted by molar-refractivity contribution is 7.78. The molecule has 0 aliphatic heterocycles. The third kappa shape index (κ3) is 2.31. The third-order valence-corrected chi connectivity index (χ3v) is 2.64. The average Bonchev–Trinajstić information content (AvgIpc) is 2.17. The molecule has 2 rings (SSSR count). The van der Waals surface area contributed by atoms with E-state index in [-0.39, 0.29) is 5.75 Å². The van der Waals surface area contributed by atoms with Crippen molar-refractivity contribution in [2.45, 2.75) is 5.75 Å². The number of nitrogens with two attached hydrogens (primary N) is 1. The molecule has 1 atom stereocenters. The Labute approximate surface area is 89.4 Å². The van der Waals surface area contributed by atoms with Gasteiger partial charge in [0.2, 0.25) is 0 Å². The number of aromatic nitrogens is 1. The molecule has 0 fully saturated rings. The summed E-state index contributed by atoms with van der Waals surface area (Å²) < 4.78 is 19.4. The summed E-state index contributed by atoms with van der Waals surface area (Å²) in [6, 6.07) is 7.27. The highest BCUT2D eigenvalue weighted by Crippen LogP contribution is 2.16. The van der Waals surface area contributed by atoms with Gasteiger partial charge in [0, 0.05) is 5.39 Å². The summed E-state index contributed by atoms with van der Waals surface area (Å²) in [5.41, 5.74) is 7.78. The topological polar surface area (TPSA) is 76.2 Å². The lowest BCUT2D eigenvalue weighted by Gasteiger charge is -2.01. The Kier molecular flexibility index (Phi) is 2.66. The second kappa shape index (κ2) is 3.96. The van der Waals surface area contributed by atoms with E-state index >= 15 is 0 Å². The lowest BCUT2D eigenvalue weighted by atomic mass is 10.1. The van der Waals surface area contributed by atoms with Crippen LogP contribution in [0.5, 0.6) is 0 Å². The summed E-state index contributed by atoms with van der Waals surface area (Å²) in [7, 11) is 0. The summed E-state index contributed by atoms with van der Waals surface area (Å²) in [6.45, 7) is 0. The molecule has 4 nitrogen and oxygen atoms in total. The minimum atomic E-state index is -1.82. The Balaban J connectivity index is 2.47. The lowest BCUT2D eigenvalue weighted by molar-refractivity contribution is 0.563. The second-order valence-electron chi connectivity index (χ2n) is 3.26. The SMILES string of the molecule is Nc1cnc2cc(CS(=O)O)ccc2c1. The first-order valence-electron chi connectivity index (χ1n) is 4.37. The van der Waals surface area contributed by atoms with Crippen LogP contribution in [-0.2, 0) is 16.8 Å². The van der Waals surface area contributed by atoms with E-state index in [0.717, 1.165) is 16.5 Å². The van der Waals surface area contributed by atoms with Crippen LogP contribution in [0.15, 0.2) is 30.5 Å². The van der Waals surface area contributed by atoms with Crippen molar-refractivity contribution in [2.75, 3.05) is 5.73 Å². The normalized spacial score (nSPS) is 12.9. The Hall–Kier alpha value is -1.46. The molecule has 3 N–H and O–H groups in total. The van der Waals surface area contributed by atoms with E-state index in [4.69, 9.17) is 10.3 Å². The Morgan fingerprint density at radius 3 is 2.93 bits per heavy atom. The molecule has 1 heterocycles. The quantitative estimate of drug-likeness (QED) is 0.756. The fourth-order valence-electron chi connectivity index (χ4n) is 1.42. The van der Waals surface area contributed by atoms with Gasteiger partial charge in [-0.1, -0.05) is 12.1 Å². The van der Waals surface area contributed by atoms with E-state index in [1.54, 1.807) is 18.3 Å². The minimum Gasteiger partial charge on any atom is -0.397 e. The van der Waals surface area contributed by atoms with Crippen LogP contribution in [0.4, 0.5) is 5.69 Å². The van der Waals surface area contributed by atoms with Crippen molar-refractivity contribution >= 4 is 27.7 Å². The zero-order valence-corrected chi connectivity index (χ0v) is 8.70. The van der Waals surface area contributed by atoms with Crippen LogP contribution >= 0.6 is 0 Å². The van der Waals surface area contributed by atoms with Gasteiger partial charge in [-0.2, -0.15) is 0 Å². The van der Waals surface area contributed by atoms with Gasteiger partial charge >= 0.3 is 0 Å². The maximum absolute atomic E-state index is 10.6. The number of fused-ring (bicyclic) bond motifs is 1. The molecule has 0 radical (unpaired) electrons. The Bertz CT molecular complexity index is 528. The fourth-order valence-corrected chi connectivity index (χ4v) is 1.88. The molecule has 0 amide bonds. The highest BCUT2D eigenvalue weighted by Gasteiger charge is 2.01. The standard InChI is InChI=1S/C10H10N2O2S/c11-9-4-8-2-1-7(6-15(13)14)3-10(8)12-5-9/h1-5H,6,11H2,(H,13,14). The molecule has 5 heteroatoms. The summed E-state index contributed by atoms with van der Waals surface area (Å²) in [5.74, 6) is 0.127. The van der Waals surface area contributed by atoms with Gasteiger partial charge in [0.15, 0.2) is 11.1 Å². The van der Waals surface area contributed by atoms with E-state index in [2.05, 4.69) is 4.98 Å². The molecular weight excluding hydrogens is 212 g/mol. The van der Waals surface area contributed by atoms with Gasteiger partial charge in [-0.05, 0) is 17.7 Å². The number of hydrogen-bond acceptors (Lipinski definition) is 3. The first-order valence-corrected chi connectivity index (χ1v) is 5.64. The summed E-state index contributed by atoms with van der Waals surface area (Å²) in [4.78, 5) is 4.14. The number of benzene rings is 1. The van der Waals surface area contributed by atoms with E-state index in [9.17, 15) is 4.21 Å². The van der Waals surface area contributed by atoms with Crippen LogP contribution in [0.3, 0.4) is 0 Å². The van der Waals surface area contributed by atoms with E-state index < -0.39 is 11.1 Å². The second-order valence-corrected chi connectivity index (χ2v) is 4.19. The molecule has 1 unspecified atom stereocenters.